The first kappa shape index (κ1) is 12.3. The van der Waals surface area contributed by atoms with E-state index in [9.17, 15) is 13.2 Å². The molecule has 0 fully saturated rings. The van der Waals surface area contributed by atoms with E-state index < -0.39 is 11.9 Å². The molecule has 86 valence electrons. The predicted molar refractivity (Wildman–Crippen MR) is 55.0 cm³/mol. The molecule has 1 N–H and O–H groups in total. The van der Waals surface area contributed by atoms with Crippen molar-refractivity contribution in [1.29, 1.82) is 0 Å². The van der Waals surface area contributed by atoms with Gasteiger partial charge in [-0.2, -0.15) is 13.2 Å². The van der Waals surface area contributed by atoms with Gasteiger partial charge in [0.25, 0.3) is 0 Å². The van der Waals surface area contributed by atoms with Crippen LogP contribution in [0.1, 0.15) is 26.5 Å². The highest BCUT2D eigenvalue weighted by Crippen LogP contribution is 2.31. The number of aromatic nitrogens is 1. The third-order valence-corrected chi connectivity index (χ3v) is 2.92. The number of hydrogen-bond acceptors (Lipinski definition) is 3. The van der Waals surface area contributed by atoms with Gasteiger partial charge in [-0.05, 0) is 12.8 Å². The van der Waals surface area contributed by atoms with Crippen molar-refractivity contribution < 1.29 is 13.2 Å². The van der Waals surface area contributed by atoms with Crippen LogP contribution in [0.5, 0.6) is 0 Å². The van der Waals surface area contributed by atoms with Crippen LogP contribution in [0.3, 0.4) is 0 Å². The van der Waals surface area contributed by atoms with Crippen LogP contribution >= 0.6 is 11.3 Å². The van der Waals surface area contributed by atoms with E-state index in [4.69, 9.17) is 0 Å². The minimum Gasteiger partial charge on any atom is -0.359 e. The highest BCUT2D eigenvalue weighted by molar-refractivity contribution is 7.13. The first-order valence-electron chi connectivity index (χ1n) is 4.60. The zero-order chi connectivity index (χ0) is 11.6. The van der Waals surface area contributed by atoms with Crippen molar-refractivity contribution in [2.24, 2.45) is 5.92 Å². The van der Waals surface area contributed by atoms with Crippen molar-refractivity contribution in [2.45, 2.75) is 33.0 Å². The molecule has 15 heavy (non-hydrogen) atoms. The lowest BCUT2D eigenvalue weighted by molar-refractivity contribution is -0.140. The first-order valence-corrected chi connectivity index (χ1v) is 5.48. The second-order valence-corrected chi connectivity index (χ2v) is 4.57. The van der Waals surface area contributed by atoms with Crippen molar-refractivity contribution in [3.63, 3.8) is 0 Å². The molecule has 0 saturated heterocycles. The fraction of sp³-hybridized carbons (Fsp3) is 0.667. The maximum atomic E-state index is 12.2. The number of alkyl halides is 3. The Labute approximate surface area is 90.5 Å². The Hall–Kier alpha value is -0.780. The van der Waals surface area contributed by atoms with E-state index in [0.29, 0.717) is 11.0 Å². The minimum atomic E-state index is -4.35. The third-order valence-electron chi connectivity index (χ3n) is 2.15. The molecule has 0 saturated carbocycles. The van der Waals surface area contributed by atoms with E-state index in [-0.39, 0.29) is 6.04 Å². The topological polar surface area (TPSA) is 24.9 Å². The predicted octanol–water partition coefficient (Wildman–Crippen LogP) is 3.62. The van der Waals surface area contributed by atoms with Crippen LogP contribution in [0.25, 0.3) is 0 Å². The fourth-order valence-corrected chi connectivity index (χ4v) is 1.65. The lowest BCUT2D eigenvalue weighted by atomic mass is 10.1. The average molecular weight is 238 g/mol. The largest absolute Gasteiger partial charge is 0.434 e. The van der Waals surface area contributed by atoms with Crippen molar-refractivity contribution in [2.75, 3.05) is 5.32 Å². The number of nitrogens with one attached hydrogen (secondary N) is 1. The Morgan fingerprint density at radius 1 is 1.33 bits per heavy atom. The van der Waals surface area contributed by atoms with Gasteiger partial charge in [0.1, 0.15) is 0 Å². The third kappa shape index (κ3) is 3.37. The van der Waals surface area contributed by atoms with Crippen LogP contribution < -0.4 is 5.32 Å². The van der Waals surface area contributed by atoms with E-state index in [0.717, 1.165) is 16.7 Å². The number of nitrogens with zero attached hydrogens (tertiary/aromatic N) is 1. The number of halogens is 3. The summed E-state index contributed by atoms with van der Waals surface area (Å²) >= 11 is 0.980. The van der Waals surface area contributed by atoms with Crippen LogP contribution in [0.2, 0.25) is 0 Å². The summed E-state index contributed by atoms with van der Waals surface area (Å²) in [4.78, 5) is 3.49. The number of thiazole rings is 1. The second-order valence-electron chi connectivity index (χ2n) is 3.71. The second kappa shape index (κ2) is 4.38. The van der Waals surface area contributed by atoms with E-state index in [2.05, 4.69) is 10.3 Å². The molecule has 6 heteroatoms. The quantitative estimate of drug-likeness (QED) is 0.870. The maximum Gasteiger partial charge on any atom is 0.434 e. The normalized spacial score (nSPS) is 14.3. The Morgan fingerprint density at radius 3 is 2.33 bits per heavy atom. The van der Waals surface area contributed by atoms with Crippen molar-refractivity contribution in [1.82, 2.24) is 4.98 Å². The van der Waals surface area contributed by atoms with Gasteiger partial charge in [0.05, 0.1) is 0 Å². The molecule has 0 aliphatic heterocycles. The van der Waals surface area contributed by atoms with Crippen LogP contribution in [0.15, 0.2) is 5.38 Å². The fourth-order valence-electron chi connectivity index (χ4n) is 0.832. The molecule has 0 radical (unpaired) electrons. The van der Waals surface area contributed by atoms with Crippen LogP contribution in [0.4, 0.5) is 18.3 Å². The van der Waals surface area contributed by atoms with E-state index in [1.54, 1.807) is 0 Å². The summed E-state index contributed by atoms with van der Waals surface area (Å²) in [5, 5.41) is 4.29. The molecular formula is C9H13F3N2S. The van der Waals surface area contributed by atoms with E-state index in [1.165, 1.54) is 0 Å². The van der Waals surface area contributed by atoms with Gasteiger partial charge in [0.2, 0.25) is 0 Å². The molecule has 0 aromatic carbocycles. The molecule has 0 aliphatic rings. The van der Waals surface area contributed by atoms with E-state index >= 15 is 0 Å². The van der Waals surface area contributed by atoms with Crippen LogP contribution in [0, 0.1) is 5.92 Å². The summed E-state index contributed by atoms with van der Waals surface area (Å²) in [6.07, 6.45) is -4.35. The molecule has 0 aliphatic carbocycles. The van der Waals surface area contributed by atoms with Crippen molar-refractivity contribution >= 4 is 16.5 Å². The molecule has 1 aromatic heterocycles. The van der Waals surface area contributed by atoms with Crippen LogP contribution in [-0.4, -0.2) is 11.0 Å². The molecule has 2 nitrogen and oxygen atoms in total. The molecule has 1 aromatic rings. The van der Waals surface area contributed by atoms with Gasteiger partial charge in [0, 0.05) is 11.4 Å². The molecule has 1 heterocycles. The smallest absolute Gasteiger partial charge is 0.359 e. The standard InChI is InChI=1S/C9H13F3N2S/c1-5(2)6(3)13-8-14-7(4-15-8)9(10,11)12/h4-6H,1-3H3,(H,13,14). The van der Waals surface area contributed by atoms with E-state index in [1.807, 2.05) is 20.8 Å². The molecule has 1 unspecified atom stereocenters. The van der Waals surface area contributed by atoms with Crippen LogP contribution in [-0.2, 0) is 6.18 Å². The Balaban J connectivity index is 2.69. The lowest BCUT2D eigenvalue weighted by Crippen LogP contribution is -2.21. The molecule has 0 spiro atoms. The lowest BCUT2D eigenvalue weighted by Gasteiger charge is -2.16. The summed E-state index contributed by atoms with van der Waals surface area (Å²) in [7, 11) is 0. The van der Waals surface area contributed by atoms with Gasteiger partial charge in [-0.1, -0.05) is 13.8 Å². The summed E-state index contributed by atoms with van der Waals surface area (Å²) in [6.45, 7) is 5.91. The maximum absolute atomic E-state index is 12.2. The van der Waals surface area contributed by atoms with Gasteiger partial charge >= 0.3 is 6.18 Å². The monoisotopic (exact) mass is 238 g/mol. The Bertz CT molecular complexity index is 319. The molecule has 0 amide bonds. The minimum absolute atomic E-state index is 0.109. The highest BCUT2D eigenvalue weighted by Gasteiger charge is 2.33. The SMILES string of the molecule is CC(C)C(C)Nc1nc(C(F)(F)F)cs1. The summed E-state index contributed by atoms with van der Waals surface area (Å²) in [6, 6.07) is 0.109. The molecule has 0 bridgehead atoms. The van der Waals surface area contributed by atoms with Gasteiger partial charge < -0.3 is 5.32 Å². The average Bonchev–Trinajstić information content (AvgIpc) is 2.51. The zero-order valence-electron chi connectivity index (χ0n) is 8.72. The number of anilines is 1. The van der Waals surface area contributed by atoms with Gasteiger partial charge in [0.15, 0.2) is 10.8 Å². The van der Waals surface area contributed by atoms with Gasteiger partial charge in [-0.25, -0.2) is 4.98 Å². The first-order chi connectivity index (χ1) is 6.80. The Kier molecular flexibility index (Phi) is 3.59. The molecule has 1 rings (SSSR count). The summed E-state index contributed by atoms with van der Waals surface area (Å²) in [5.41, 5.74) is -0.828. The van der Waals surface area contributed by atoms with Crippen molar-refractivity contribution in [3.8, 4) is 0 Å². The number of rotatable bonds is 3. The molecular weight excluding hydrogens is 225 g/mol. The van der Waals surface area contributed by atoms with Gasteiger partial charge in [-0.15, -0.1) is 11.3 Å². The van der Waals surface area contributed by atoms with Gasteiger partial charge in [-0.3, -0.25) is 0 Å². The van der Waals surface area contributed by atoms with Crippen molar-refractivity contribution in [3.05, 3.63) is 11.1 Å². The summed E-state index contributed by atoms with van der Waals surface area (Å²) in [5.74, 6) is 0.350. The number of hydrogen-bond donors (Lipinski definition) is 1. The Morgan fingerprint density at radius 2 is 1.93 bits per heavy atom. The highest BCUT2D eigenvalue weighted by atomic mass is 32.1. The zero-order valence-corrected chi connectivity index (χ0v) is 9.54. The molecule has 1 atom stereocenters. The summed E-state index contributed by atoms with van der Waals surface area (Å²) < 4.78 is 36.6.